The quantitative estimate of drug-likeness (QED) is 0.542. The monoisotopic (exact) mass is 468 g/mol. The molecule has 172 valence electrons. The summed E-state index contributed by atoms with van der Waals surface area (Å²) < 4.78 is 21.1. The zero-order valence-corrected chi connectivity index (χ0v) is 19.0. The minimum Gasteiger partial charge on any atom is -0.488 e. The minimum atomic E-state index is -0.409. The number of anilines is 2. The topological polar surface area (TPSA) is 105 Å². The smallest absolute Gasteiger partial charge is 0.263 e. The Bertz CT molecular complexity index is 1250. The maximum atomic E-state index is 15.3. The summed E-state index contributed by atoms with van der Waals surface area (Å²) in [5.74, 6) is -0.0757. The van der Waals surface area contributed by atoms with E-state index in [1.807, 2.05) is 24.0 Å². The molecule has 3 atom stereocenters. The van der Waals surface area contributed by atoms with Crippen LogP contribution in [0.3, 0.4) is 0 Å². The molecule has 3 aromatic heterocycles. The van der Waals surface area contributed by atoms with E-state index in [4.69, 9.17) is 10.5 Å². The Balaban J connectivity index is 1.18. The highest BCUT2D eigenvalue weighted by atomic mass is 32.1. The number of rotatable bonds is 3. The summed E-state index contributed by atoms with van der Waals surface area (Å²) in [4.78, 5) is 25.0. The lowest BCUT2D eigenvalue weighted by molar-refractivity contribution is 0.0919. The SMILES string of the molecule is Cc1ccc2c(N)c(C(=O)N[C@H]3COc4c(cnc(N5CC6CCC(C5)N6)c4F)C3)sc2n1. The number of halogens is 1. The first-order valence-electron chi connectivity index (χ1n) is 11.2. The van der Waals surface area contributed by atoms with Crippen LogP contribution in [0.4, 0.5) is 15.9 Å². The van der Waals surface area contributed by atoms with Gasteiger partial charge in [-0.2, -0.15) is 4.39 Å². The Morgan fingerprint density at radius 3 is 2.91 bits per heavy atom. The molecule has 4 N–H and O–H groups in total. The number of aromatic nitrogens is 2. The lowest BCUT2D eigenvalue weighted by Crippen LogP contribution is -2.51. The molecule has 0 spiro atoms. The maximum absolute atomic E-state index is 15.3. The number of pyridine rings is 2. The Morgan fingerprint density at radius 2 is 2.12 bits per heavy atom. The van der Waals surface area contributed by atoms with Gasteiger partial charge in [-0.1, -0.05) is 0 Å². The number of piperazine rings is 1. The molecule has 2 saturated heterocycles. The van der Waals surface area contributed by atoms with Crippen molar-refractivity contribution in [3.63, 3.8) is 0 Å². The van der Waals surface area contributed by atoms with Gasteiger partial charge in [-0.05, 0) is 31.9 Å². The highest BCUT2D eigenvalue weighted by Gasteiger charge is 2.35. The van der Waals surface area contributed by atoms with Crippen molar-refractivity contribution < 1.29 is 13.9 Å². The van der Waals surface area contributed by atoms with Gasteiger partial charge in [-0.25, -0.2) is 9.97 Å². The molecule has 3 aliphatic heterocycles. The maximum Gasteiger partial charge on any atom is 0.263 e. The third-order valence-electron chi connectivity index (χ3n) is 6.72. The van der Waals surface area contributed by atoms with Crippen LogP contribution >= 0.6 is 11.3 Å². The van der Waals surface area contributed by atoms with Gasteiger partial charge in [0, 0.05) is 54.4 Å². The van der Waals surface area contributed by atoms with Crippen molar-refractivity contribution in [1.29, 1.82) is 0 Å². The normalized spacial score (nSPS) is 23.9. The number of fused-ring (bicyclic) bond motifs is 4. The van der Waals surface area contributed by atoms with E-state index >= 15 is 4.39 Å². The molecule has 6 rings (SSSR count). The largest absolute Gasteiger partial charge is 0.488 e. The van der Waals surface area contributed by atoms with E-state index in [2.05, 4.69) is 20.6 Å². The van der Waals surface area contributed by atoms with Crippen molar-refractivity contribution in [3.05, 3.63) is 40.3 Å². The van der Waals surface area contributed by atoms with Crippen LogP contribution in [0.25, 0.3) is 10.2 Å². The fourth-order valence-electron chi connectivity index (χ4n) is 5.10. The molecular formula is C23H25FN6O2S. The summed E-state index contributed by atoms with van der Waals surface area (Å²) in [7, 11) is 0. The molecule has 0 radical (unpaired) electrons. The molecule has 3 aliphatic rings. The lowest BCUT2D eigenvalue weighted by Gasteiger charge is -2.35. The highest BCUT2D eigenvalue weighted by Crippen LogP contribution is 2.35. The van der Waals surface area contributed by atoms with Gasteiger partial charge < -0.3 is 26.0 Å². The second-order valence-corrected chi connectivity index (χ2v) is 10.1. The predicted molar refractivity (Wildman–Crippen MR) is 126 cm³/mol. The summed E-state index contributed by atoms with van der Waals surface area (Å²) in [5, 5.41) is 7.31. The molecule has 0 aromatic carbocycles. The second kappa shape index (κ2) is 7.81. The molecule has 2 bridgehead atoms. The van der Waals surface area contributed by atoms with Crippen molar-refractivity contribution in [1.82, 2.24) is 20.6 Å². The Labute approximate surface area is 194 Å². The molecule has 8 nitrogen and oxygen atoms in total. The Kier molecular flexibility index (Phi) is 4.88. The number of ether oxygens (including phenoxy) is 1. The molecule has 2 fully saturated rings. The number of nitrogens with two attached hydrogens (primary N) is 1. The molecule has 1 amide bonds. The van der Waals surface area contributed by atoms with Crippen LogP contribution in [0.5, 0.6) is 5.75 Å². The van der Waals surface area contributed by atoms with Crippen molar-refractivity contribution in [2.24, 2.45) is 0 Å². The van der Waals surface area contributed by atoms with Crippen LogP contribution < -0.4 is 26.0 Å². The third-order valence-corrected chi connectivity index (χ3v) is 7.83. The van der Waals surface area contributed by atoms with Gasteiger partial charge >= 0.3 is 0 Å². The molecule has 10 heteroatoms. The van der Waals surface area contributed by atoms with E-state index in [-0.39, 0.29) is 24.3 Å². The first-order chi connectivity index (χ1) is 16.0. The van der Waals surface area contributed by atoms with Crippen LogP contribution in [0.1, 0.15) is 33.8 Å². The number of hydrogen-bond donors (Lipinski definition) is 3. The number of carbonyl (C=O) groups excluding carboxylic acids is 1. The molecule has 3 aromatic rings. The lowest BCUT2D eigenvalue weighted by atomic mass is 10.0. The van der Waals surface area contributed by atoms with E-state index in [1.165, 1.54) is 11.3 Å². The van der Waals surface area contributed by atoms with Gasteiger partial charge in [0.1, 0.15) is 16.3 Å². The van der Waals surface area contributed by atoms with E-state index in [0.29, 0.717) is 40.5 Å². The van der Waals surface area contributed by atoms with Crippen LogP contribution in [0, 0.1) is 12.7 Å². The number of hydrogen-bond acceptors (Lipinski definition) is 8. The minimum absolute atomic E-state index is 0.189. The summed E-state index contributed by atoms with van der Waals surface area (Å²) in [6.07, 6.45) is 4.36. The van der Waals surface area contributed by atoms with Crippen LogP contribution in [0.2, 0.25) is 0 Å². The number of thiophene rings is 1. The average molecular weight is 469 g/mol. The molecule has 2 unspecified atom stereocenters. The second-order valence-electron chi connectivity index (χ2n) is 9.13. The third kappa shape index (κ3) is 3.57. The van der Waals surface area contributed by atoms with E-state index < -0.39 is 5.82 Å². The van der Waals surface area contributed by atoms with Crippen molar-refractivity contribution in [2.75, 3.05) is 30.3 Å². The van der Waals surface area contributed by atoms with Gasteiger partial charge in [-0.3, -0.25) is 4.79 Å². The zero-order chi connectivity index (χ0) is 22.7. The number of aryl methyl sites for hydroxylation is 1. The van der Waals surface area contributed by atoms with Crippen molar-refractivity contribution in [3.8, 4) is 5.75 Å². The number of nitrogens with one attached hydrogen (secondary N) is 2. The first kappa shape index (κ1) is 20.6. The predicted octanol–water partition coefficient (Wildman–Crippen LogP) is 2.40. The van der Waals surface area contributed by atoms with E-state index in [0.717, 1.165) is 41.8 Å². The number of amides is 1. The standard InChI is InChI=1S/C23H25FN6O2S/c1-11-2-5-16-18(25)20(33-23(16)27-11)22(31)29-15-6-12-7-26-21(17(24)19(12)32-10-15)30-8-13-3-4-14(9-30)28-13/h2,5,7,13-15,28H,3-4,6,8-10,25H2,1H3,(H,29,31)/t13?,14?,15-/m1/s1. The molecule has 33 heavy (non-hydrogen) atoms. The van der Waals surface area contributed by atoms with Crippen LogP contribution in [-0.2, 0) is 6.42 Å². The molecular weight excluding hydrogens is 443 g/mol. The van der Waals surface area contributed by atoms with Gasteiger partial charge in [0.15, 0.2) is 11.6 Å². The number of nitrogen functional groups attached to an aromatic ring is 1. The van der Waals surface area contributed by atoms with Gasteiger partial charge in [-0.15, -0.1) is 11.3 Å². The Hall–Kier alpha value is -2.98. The Morgan fingerprint density at radius 1 is 1.33 bits per heavy atom. The van der Waals surface area contributed by atoms with Gasteiger partial charge in [0.05, 0.1) is 11.7 Å². The number of nitrogens with zero attached hydrogens (tertiary/aromatic N) is 3. The van der Waals surface area contributed by atoms with E-state index in [9.17, 15) is 4.79 Å². The first-order valence-corrected chi connectivity index (χ1v) is 12.1. The zero-order valence-electron chi connectivity index (χ0n) is 18.2. The molecule has 0 saturated carbocycles. The highest BCUT2D eigenvalue weighted by molar-refractivity contribution is 7.21. The summed E-state index contributed by atoms with van der Waals surface area (Å²) in [6, 6.07) is 4.24. The summed E-state index contributed by atoms with van der Waals surface area (Å²) in [5.41, 5.74) is 8.17. The van der Waals surface area contributed by atoms with Gasteiger partial charge in [0.2, 0.25) is 5.82 Å². The van der Waals surface area contributed by atoms with Gasteiger partial charge in [0.25, 0.3) is 5.91 Å². The van der Waals surface area contributed by atoms with Crippen LogP contribution in [-0.4, -0.2) is 53.7 Å². The fourth-order valence-corrected chi connectivity index (χ4v) is 6.14. The fraction of sp³-hybridized carbons (Fsp3) is 0.435. The average Bonchev–Trinajstić information content (AvgIpc) is 3.31. The van der Waals surface area contributed by atoms with Crippen molar-refractivity contribution in [2.45, 2.75) is 44.3 Å². The summed E-state index contributed by atoms with van der Waals surface area (Å²) in [6.45, 7) is 3.59. The van der Waals surface area contributed by atoms with Crippen molar-refractivity contribution >= 4 is 39.0 Å². The molecule has 6 heterocycles. The molecule has 0 aliphatic carbocycles. The summed E-state index contributed by atoms with van der Waals surface area (Å²) >= 11 is 1.27. The van der Waals surface area contributed by atoms with Crippen LogP contribution in [0.15, 0.2) is 18.3 Å². The number of carbonyl (C=O) groups is 1. The van der Waals surface area contributed by atoms with E-state index in [1.54, 1.807) is 6.20 Å².